The van der Waals surface area contributed by atoms with E-state index in [9.17, 15) is 0 Å². The van der Waals surface area contributed by atoms with Gasteiger partial charge in [-0.1, -0.05) is 0 Å². The Labute approximate surface area is 183 Å². The third-order valence-corrected chi connectivity index (χ3v) is 6.82. The first-order valence-corrected chi connectivity index (χ1v) is 11.5. The van der Waals surface area contributed by atoms with Crippen LogP contribution in [-0.4, -0.2) is 47.7 Å². The van der Waals surface area contributed by atoms with Gasteiger partial charge in [-0.15, -0.1) is 0 Å². The van der Waals surface area contributed by atoms with Gasteiger partial charge in [-0.2, -0.15) is 11.3 Å². The number of pyridine rings is 1. The number of ether oxygens (including phenoxy) is 2. The molecule has 0 aliphatic carbocycles. The number of fused-ring (bicyclic) bond motifs is 1. The molecule has 0 saturated carbocycles. The minimum atomic E-state index is 0.780. The molecule has 4 aromatic rings. The zero-order chi connectivity index (χ0) is 20.3. The van der Waals surface area contributed by atoms with Crippen molar-refractivity contribution in [2.45, 2.75) is 4.90 Å². The molecular formula is C22H22N4O2S2. The van der Waals surface area contributed by atoms with E-state index < -0.39 is 0 Å². The molecule has 1 aliphatic heterocycles. The van der Waals surface area contributed by atoms with Gasteiger partial charge in [-0.3, -0.25) is 0 Å². The second-order valence-corrected chi connectivity index (χ2v) is 8.87. The van der Waals surface area contributed by atoms with E-state index in [2.05, 4.69) is 54.6 Å². The highest BCUT2D eigenvalue weighted by Crippen LogP contribution is 2.38. The quantitative estimate of drug-likeness (QED) is 0.394. The molecule has 30 heavy (non-hydrogen) atoms. The van der Waals surface area contributed by atoms with E-state index in [0.717, 1.165) is 64.9 Å². The lowest BCUT2D eigenvalue weighted by atomic mass is 10.1. The summed E-state index contributed by atoms with van der Waals surface area (Å²) >= 11 is 3.45. The summed E-state index contributed by atoms with van der Waals surface area (Å²) in [6.45, 7) is 3.42. The predicted molar refractivity (Wildman–Crippen MR) is 124 cm³/mol. The Morgan fingerprint density at radius 2 is 2.10 bits per heavy atom. The Kier molecular flexibility index (Phi) is 5.63. The Bertz CT molecular complexity index is 1140. The van der Waals surface area contributed by atoms with Crippen LogP contribution in [0.1, 0.15) is 0 Å². The number of morpholine rings is 1. The molecule has 1 aliphatic rings. The Morgan fingerprint density at radius 1 is 1.20 bits per heavy atom. The topological polar surface area (TPSA) is 62.4 Å². The predicted octanol–water partition coefficient (Wildman–Crippen LogP) is 5.38. The minimum Gasteiger partial charge on any atom is -0.495 e. The molecule has 5 rings (SSSR count). The number of methoxy groups -OCH3 is 1. The van der Waals surface area contributed by atoms with Gasteiger partial charge in [0, 0.05) is 30.4 Å². The van der Waals surface area contributed by atoms with Gasteiger partial charge in [0.25, 0.3) is 0 Å². The van der Waals surface area contributed by atoms with Crippen molar-refractivity contribution in [3.05, 3.63) is 53.5 Å². The molecule has 4 heterocycles. The van der Waals surface area contributed by atoms with Gasteiger partial charge in [0.15, 0.2) is 0 Å². The van der Waals surface area contributed by atoms with Crippen LogP contribution >= 0.6 is 23.3 Å². The van der Waals surface area contributed by atoms with E-state index in [1.54, 1.807) is 30.4 Å². The van der Waals surface area contributed by atoms with Crippen LogP contribution in [0.5, 0.6) is 5.75 Å². The fraction of sp³-hybridized carbons (Fsp3) is 0.227. The number of aromatic amines is 1. The van der Waals surface area contributed by atoms with Crippen molar-refractivity contribution in [3.63, 3.8) is 0 Å². The Hall–Kier alpha value is -2.52. The van der Waals surface area contributed by atoms with Crippen molar-refractivity contribution in [1.29, 1.82) is 0 Å². The molecule has 0 atom stereocenters. The monoisotopic (exact) mass is 438 g/mol. The van der Waals surface area contributed by atoms with Crippen LogP contribution in [-0.2, 0) is 4.74 Å². The normalized spacial score (nSPS) is 14.8. The van der Waals surface area contributed by atoms with Crippen molar-refractivity contribution in [2.24, 2.45) is 0 Å². The number of nitrogens with one attached hydrogen (secondary N) is 2. The van der Waals surface area contributed by atoms with Crippen molar-refractivity contribution in [3.8, 4) is 16.9 Å². The van der Waals surface area contributed by atoms with E-state index in [4.69, 9.17) is 9.47 Å². The third-order valence-electron chi connectivity index (χ3n) is 5.05. The minimum absolute atomic E-state index is 0.780. The standard InChI is InChI=1S/C22H22N4O2S2/c1-27-20-3-2-16(30-26-7-9-28-10-8-26)12-18(20)25-19-13-24-22-21(19)17(4-6-23-22)15-5-11-29-14-15/h2-6,11-14,25H,7-10H2,1H3,(H,23,24). The number of thiophene rings is 1. The van der Waals surface area contributed by atoms with Gasteiger partial charge in [-0.25, -0.2) is 9.29 Å². The van der Waals surface area contributed by atoms with Crippen molar-refractivity contribution in [2.75, 3.05) is 38.7 Å². The summed E-state index contributed by atoms with van der Waals surface area (Å²) in [5.74, 6) is 0.802. The summed E-state index contributed by atoms with van der Waals surface area (Å²) in [7, 11) is 1.70. The van der Waals surface area contributed by atoms with Gasteiger partial charge in [-0.05, 0) is 64.2 Å². The van der Waals surface area contributed by atoms with Crippen LogP contribution in [0.2, 0.25) is 0 Å². The SMILES string of the molecule is COc1ccc(SN2CCOCC2)cc1Nc1c[nH]c2nccc(-c3ccsc3)c12. The maximum absolute atomic E-state index is 5.62. The average Bonchev–Trinajstić information content (AvgIpc) is 3.45. The molecule has 1 saturated heterocycles. The lowest BCUT2D eigenvalue weighted by Gasteiger charge is -2.25. The number of hydrogen-bond acceptors (Lipinski definition) is 7. The van der Waals surface area contributed by atoms with Gasteiger partial charge in [0.1, 0.15) is 11.4 Å². The molecule has 0 spiro atoms. The van der Waals surface area contributed by atoms with Crippen LogP contribution in [0, 0.1) is 0 Å². The first kappa shape index (κ1) is 19.4. The molecule has 1 fully saturated rings. The number of hydrogen-bond donors (Lipinski definition) is 2. The highest BCUT2D eigenvalue weighted by Gasteiger charge is 2.16. The van der Waals surface area contributed by atoms with Crippen molar-refractivity contribution in [1.82, 2.24) is 14.3 Å². The van der Waals surface area contributed by atoms with E-state index in [1.807, 2.05) is 18.5 Å². The maximum atomic E-state index is 5.62. The first-order valence-electron chi connectivity index (χ1n) is 9.76. The van der Waals surface area contributed by atoms with Gasteiger partial charge < -0.3 is 19.8 Å². The summed E-state index contributed by atoms with van der Waals surface area (Å²) < 4.78 is 13.4. The third kappa shape index (κ3) is 3.91. The van der Waals surface area contributed by atoms with E-state index in [1.165, 1.54) is 5.56 Å². The van der Waals surface area contributed by atoms with Crippen molar-refractivity contribution >= 4 is 45.7 Å². The number of aromatic nitrogens is 2. The molecule has 0 radical (unpaired) electrons. The average molecular weight is 439 g/mol. The highest BCUT2D eigenvalue weighted by atomic mass is 32.2. The zero-order valence-electron chi connectivity index (χ0n) is 16.6. The number of H-pyrrole nitrogens is 1. The molecule has 8 heteroatoms. The van der Waals surface area contributed by atoms with Crippen molar-refractivity contribution < 1.29 is 9.47 Å². The number of rotatable bonds is 6. The smallest absolute Gasteiger partial charge is 0.142 e. The fourth-order valence-electron chi connectivity index (χ4n) is 3.59. The van der Waals surface area contributed by atoms with Gasteiger partial charge >= 0.3 is 0 Å². The fourth-order valence-corrected chi connectivity index (χ4v) is 5.17. The van der Waals surface area contributed by atoms with Gasteiger partial charge in [0.05, 0.1) is 37.1 Å². The van der Waals surface area contributed by atoms with Gasteiger partial charge in [0.2, 0.25) is 0 Å². The summed E-state index contributed by atoms with van der Waals surface area (Å²) in [6.07, 6.45) is 3.81. The largest absolute Gasteiger partial charge is 0.495 e. The summed E-state index contributed by atoms with van der Waals surface area (Å²) in [4.78, 5) is 8.96. The lowest BCUT2D eigenvalue weighted by molar-refractivity contribution is 0.0773. The van der Waals surface area contributed by atoms with Crippen LogP contribution in [0.4, 0.5) is 11.4 Å². The van der Waals surface area contributed by atoms with E-state index in [-0.39, 0.29) is 0 Å². The number of benzene rings is 1. The van der Waals surface area contributed by atoms with Crippen LogP contribution in [0.25, 0.3) is 22.2 Å². The molecule has 0 bridgehead atoms. The Balaban J connectivity index is 1.49. The van der Waals surface area contributed by atoms with E-state index in [0.29, 0.717) is 0 Å². The molecule has 0 amide bonds. The maximum Gasteiger partial charge on any atom is 0.142 e. The zero-order valence-corrected chi connectivity index (χ0v) is 18.2. The van der Waals surface area contributed by atoms with Crippen LogP contribution in [0.3, 0.4) is 0 Å². The second-order valence-electron chi connectivity index (χ2n) is 6.92. The van der Waals surface area contributed by atoms with Crippen LogP contribution in [0.15, 0.2) is 58.4 Å². The van der Waals surface area contributed by atoms with E-state index >= 15 is 0 Å². The number of nitrogens with zero attached hydrogens (tertiary/aromatic N) is 2. The molecule has 6 nitrogen and oxygen atoms in total. The molecule has 154 valence electrons. The molecule has 1 aromatic carbocycles. The van der Waals surface area contributed by atoms with Crippen LogP contribution < -0.4 is 10.1 Å². The molecule has 3 aromatic heterocycles. The molecular weight excluding hydrogens is 416 g/mol. The summed E-state index contributed by atoms with van der Waals surface area (Å²) in [5, 5.41) is 8.90. The Morgan fingerprint density at radius 3 is 2.90 bits per heavy atom. The molecule has 0 unspecified atom stereocenters. The number of anilines is 2. The molecule has 2 N–H and O–H groups in total. The second kappa shape index (κ2) is 8.69. The summed E-state index contributed by atoms with van der Waals surface area (Å²) in [5.41, 5.74) is 5.11. The highest BCUT2D eigenvalue weighted by molar-refractivity contribution is 7.97. The summed E-state index contributed by atoms with van der Waals surface area (Å²) in [6, 6.07) is 10.4. The lowest BCUT2D eigenvalue weighted by Crippen LogP contribution is -2.30. The first-order chi connectivity index (χ1) is 14.8.